The predicted octanol–water partition coefficient (Wildman–Crippen LogP) is 4.00. The first-order valence-electron chi connectivity index (χ1n) is 7.83. The molecule has 0 bridgehead atoms. The molecular formula is C18H19Cl2N3O. The maximum atomic E-state index is 12.6. The molecule has 0 aromatic heterocycles. The molecule has 0 atom stereocenters. The number of anilines is 2. The number of rotatable bonds is 3. The van der Waals surface area contributed by atoms with E-state index in [1.807, 2.05) is 24.3 Å². The van der Waals surface area contributed by atoms with Gasteiger partial charge in [-0.1, -0.05) is 35.3 Å². The predicted molar refractivity (Wildman–Crippen MR) is 101 cm³/mol. The molecule has 0 aliphatic carbocycles. The molecular weight excluding hydrogens is 345 g/mol. The number of halogens is 2. The highest BCUT2D eigenvalue weighted by molar-refractivity contribution is 6.36. The van der Waals surface area contributed by atoms with Gasteiger partial charge in [0.1, 0.15) is 0 Å². The third-order valence-electron chi connectivity index (χ3n) is 4.17. The molecule has 1 fully saturated rings. The normalized spacial score (nSPS) is 15.4. The Kier molecular flexibility index (Phi) is 5.29. The van der Waals surface area contributed by atoms with E-state index in [9.17, 15) is 4.79 Å². The maximum Gasteiger partial charge on any atom is 0.257 e. The highest BCUT2D eigenvalue weighted by Crippen LogP contribution is 2.28. The molecule has 1 N–H and O–H groups in total. The second-order valence-electron chi connectivity index (χ2n) is 5.89. The number of amides is 1. The van der Waals surface area contributed by atoms with Crippen LogP contribution in [-0.2, 0) is 0 Å². The molecule has 0 unspecified atom stereocenters. The van der Waals surface area contributed by atoms with Crippen LogP contribution in [0, 0.1) is 0 Å². The minimum atomic E-state index is -0.260. The summed E-state index contributed by atoms with van der Waals surface area (Å²) in [5.74, 6) is -0.260. The second-order valence-corrected chi connectivity index (χ2v) is 6.73. The van der Waals surface area contributed by atoms with Crippen LogP contribution >= 0.6 is 23.2 Å². The van der Waals surface area contributed by atoms with Gasteiger partial charge in [0.05, 0.1) is 22.0 Å². The molecule has 2 aromatic carbocycles. The van der Waals surface area contributed by atoms with Crippen LogP contribution in [0.15, 0.2) is 42.5 Å². The minimum Gasteiger partial charge on any atom is -0.367 e. The third kappa shape index (κ3) is 3.83. The molecule has 4 nitrogen and oxygen atoms in total. The topological polar surface area (TPSA) is 35.6 Å². The first-order valence-corrected chi connectivity index (χ1v) is 8.59. The first kappa shape index (κ1) is 17.1. The molecule has 2 aromatic rings. The van der Waals surface area contributed by atoms with E-state index >= 15 is 0 Å². The van der Waals surface area contributed by atoms with Crippen LogP contribution in [0.1, 0.15) is 10.4 Å². The summed E-state index contributed by atoms with van der Waals surface area (Å²) in [7, 11) is 2.12. The van der Waals surface area contributed by atoms with Gasteiger partial charge in [0, 0.05) is 31.2 Å². The SMILES string of the molecule is CN1CCN(c2ccccc2NC(=O)c2cc(Cl)ccc2Cl)CC1. The lowest BCUT2D eigenvalue weighted by molar-refractivity contribution is 0.102. The van der Waals surface area contributed by atoms with Crippen LogP contribution in [0.3, 0.4) is 0 Å². The van der Waals surface area contributed by atoms with Crippen LogP contribution < -0.4 is 10.2 Å². The smallest absolute Gasteiger partial charge is 0.257 e. The summed E-state index contributed by atoms with van der Waals surface area (Å²) >= 11 is 12.1. The van der Waals surface area contributed by atoms with Gasteiger partial charge in [0.2, 0.25) is 0 Å². The Bertz CT molecular complexity index is 743. The second kappa shape index (κ2) is 7.43. The molecule has 3 rings (SSSR count). The van der Waals surface area contributed by atoms with E-state index in [1.54, 1.807) is 18.2 Å². The molecule has 0 radical (unpaired) electrons. The van der Waals surface area contributed by atoms with Crippen LogP contribution in [-0.4, -0.2) is 44.0 Å². The van der Waals surface area contributed by atoms with E-state index in [0.29, 0.717) is 15.6 Å². The Morgan fingerprint density at radius 3 is 2.50 bits per heavy atom. The summed E-state index contributed by atoms with van der Waals surface area (Å²) in [6.45, 7) is 3.87. The van der Waals surface area contributed by atoms with Gasteiger partial charge in [-0.25, -0.2) is 0 Å². The first-order chi connectivity index (χ1) is 11.5. The van der Waals surface area contributed by atoms with Gasteiger partial charge in [-0.3, -0.25) is 4.79 Å². The number of hydrogen-bond acceptors (Lipinski definition) is 3. The fourth-order valence-electron chi connectivity index (χ4n) is 2.76. The Morgan fingerprint density at radius 2 is 1.75 bits per heavy atom. The summed E-state index contributed by atoms with van der Waals surface area (Å²) in [6, 6.07) is 12.7. The van der Waals surface area contributed by atoms with Crippen molar-refractivity contribution < 1.29 is 4.79 Å². The molecule has 24 heavy (non-hydrogen) atoms. The zero-order valence-electron chi connectivity index (χ0n) is 13.4. The largest absolute Gasteiger partial charge is 0.367 e. The van der Waals surface area contributed by atoms with Crippen molar-refractivity contribution in [2.75, 3.05) is 43.4 Å². The lowest BCUT2D eigenvalue weighted by atomic mass is 10.1. The third-order valence-corrected chi connectivity index (χ3v) is 4.73. The molecule has 0 saturated carbocycles. The van der Waals surface area contributed by atoms with E-state index in [0.717, 1.165) is 37.6 Å². The molecule has 6 heteroatoms. The lowest BCUT2D eigenvalue weighted by Crippen LogP contribution is -2.44. The maximum absolute atomic E-state index is 12.6. The van der Waals surface area contributed by atoms with Crippen molar-refractivity contribution in [2.45, 2.75) is 0 Å². The number of carbonyl (C=O) groups is 1. The summed E-state index contributed by atoms with van der Waals surface area (Å²) in [4.78, 5) is 17.2. The van der Waals surface area contributed by atoms with E-state index in [-0.39, 0.29) is 5.91 Å². The Labute approximate surface area is 152 Å². The number of carbonyl (C=O) groups excluding carboxylic acids is 1. The highest BCUT2D eigenvalue weighted by atomic mass is 35.5. The molecule has 1 aliphatic rings. The van der Waals surface area contributed by atoms with E-state index in [2.05, 4.69) is 22.2 Å². The van der Waals surface area contributed by atoms with Gasteiger partial charge < -0.3 is 15.1 Å². The number of piperazine rings is 1. The summed E-state index contributed by atoms with van der Waals surface area (Å²) < 4.78 is 0. The standard InChI is InChI=1S/C18H19Cl2N3O/c1-22-8-10-23(11-9-22)17-5-3-2-4-16(17)21-18(24)14-12-13(19)6-7-15(14)20/h2-7,12H,8-11H2,1H3,(H,21,24). The highest BCUT2D eigenvalue weighted by Gasteiger charge is 2.19. The van der Waals surface area contributed by atoms with Gasteiger partial charge >= 0.3 is 0 Å². The van der Waals surface area contributed by atoms with E-state index in [4.69, 9.17) is 23.2 Å². The van der Waals surface area contributed by atoms with Gasteiger partial charge in [0.25, 0.3) is 5.91 Å². The zero-order valence-corrected chi connectivity index (χ0v) is 14.9. The number of para-hydroxylation sites is 2. The van der Waals surface area contributed by atoms with Crippen molar-refractivity contribution in [3.63, 3.8) is 0 Å². The van der Waals surface area contributed by atoms with Crippen molar-refractivity contribution in [1.82, 2.24) is 4.90 Å². The quantitative estimate of drug-likeness (QED) is 0.894. The Morgan fingerprint density at radius 1 is 1.04 bits per heavy atom. The van der Waals surface area contributed by atoms with Gasteiger partial charge in [-0.2, -0.15) is 0 Å². The van der Waals surface area contributed by atoms with Crippen LogP contribution in [0.2, 0.25) is 10.0 Å². The fraction of sp³-hybridized carbons (Fsp3) is 0.278. The van der Waals surface area contributed by atoms with Crippen molar-refractivity contribution in [2.24, 2.45) is 0 Å². The number of hydrogen-bond donors (Lipinski definition) is 1. The monoisotopic (exact) mass is 363 g/mol. The summed E-state index contributed by atoms with van der Waals surface area (Å²) in [6.07, 6.45) is 0. The van der Waals surface area contributed by atoms with Crippen molar-refractivity contribution in [3.05, 3.63) is 58.1 Å². The Hall–Kier alpha value is -1.75. The van der Waals surface area contributed by atoms with Crippen molar-refractivity contribution in [3.8, 4) is 0 Å². The van der Waals surface area contributed by atoms with E-state index in [1.165, 1.54) is 0 Å². The average molecular weight is 364 g/mol. The van der Waals surface area contributed by atoms with Crippen molar-refractivity contribution in [1.29, 1.82) is 0 Å². The lowest BCUT2D eigenvalue weighted by Gasteiger charge is -2.35. The van der Waals surface area contributed by atoms with Crippen molar-refractivity contribution >= 4 is 40.5 Å². The van der Waals surface area contributed by atoms with E-state index < -0.39 is 0 Å². The van der Waals surface area contributed by atoms with Gasteiger partial charge in [0.15, 0.2) is 0 Å². The fourth-order valence-corrected chi connectivity index (χ4v) is 3.14. The molecule has 0 spiro atoms. The van der Waals surface area contributed by atoms with Crippen LogP contribution in [0.4, 0.5) is 11.4 Å². The summed E-state index contributed by atoms with van der Waals surface area (Å²) in [5.41, 5.74) is 2.18. The van der Waals surface area contributed by atoms with Crippen LogP contribution in [0.25, 0.3) is 0 Å². The number of nitrogens with zero attached hydrogens (tertiary/aromatic N) is 2. The Balaban J connectivity index is 1.82. The minimum absolute atomic E-state index is 0.260. The molecule has 126 valence electrons. The molecule has 1 heterocycles. The number of nitrogens with one attached hydrogen (secondary N) is 1. The summed E-state index contributed by atoms with van der Waals surface area (Å²) in [5, 5.41) is 3.83. The van der Waals surface area contributed by atoms with Crippen LogP contribution in [0.5, 0.6) is 0 Å². The molecule has 1 aliphatic heterocycles. The number of likely N-dealkylation sites (N-methyl/N-ethyl adjacent to an activating group) is 1. The number of benzene rings is 2. The van der Waals surface area contributed by atoms with Gasteiger partial charge in [-0.05, 0) is 37.4 Å². The zero-order chi connectivity index (χ0) is 17.1. The molecule has 1 saturated heterocycles. The average Bonchev–Trinajstić information content (AvgIpc) is 2.58. The van der Waals surface area contributed by atoms with Gasteiger partial charge in [-0.15, -0.1) is 0 Å². The molecule has 1 amide bonds.